The predicted molar refractivity (Wildman–Crippen MR) is 62.6 cm³/mol. The minimum atomic E-state index is -0.870. The first-order chi connectivity index (χ1) is 7.26. The molecule has 0 aromatic carbocycles. The molecule has 0 saturated heterocycles. The van der Waals surface area contributed by atoms with E-state index in [9.17, 15) is 5.11 Å². The Kier molecular flexibility index (Phi) is 3.38. The molecule has 5 nitrogen and oxygen atoms in total. The molecule has 5 heteroatoms. The van der Waals surface area contributed by atoms with Crippen molar-refractivity contribution in [2.24, 2.45) is 0 Å². The zero-order chi connectivity index (χ0) is 12.4. The smallest absolute Gasteiger partial charge is 0.218 e. The van der Waals surface area contributed by atoms with Gasteiger partial charge in [0, 0.05) is 6.07 Å². The highest BCUT2D eigenvalue weighted by atomic mass is 16.5. The Morgan fingerprint density at radius 2 is 1.88 bits per heavy atom. The number of hydrogen-bond acceptors (Lipinski definition) is 5. The van der Waals surface area contributed by atoms with Crippen molar-refractivity contribution in [2.45, 2.75) is 38.8 Å². The van der Waals surface area contributed by atoms with Crippen LogP contribution in [0.25, 0.3) is 0 Å². The molecule has 1 rings (SSSR count). The summed E-state index contributed by atoms with van der Waals surface area (Å²) in [6.45, 7) is 7.31. The number of nitrogens with zero attached hydrogens (tertiary/aromatic N) is 2. The lowest BCUT2D eigenvalue weighted by Crippen LogP contribution is -2.51. The Morgan fingerprint density at radius 3 is 2.38 bits per heavy atom. The fourth-order valence-corrected chi connectivity index (χ4v) is 0.993. The summed E-state index contributed by atoms with van der Waals surface area (Å²) in [5.74, 6) is 1.11. The third kappa shape index (κ3) is 2.82. The van der Waals surface area contributed by atoms with E-state index in [1.54, 1.807) is 27.0 Å². The summed E-state index contributed by atoms with van der Waals surface area (Å²) in [6, 6.07) is 1.69. The molecule has 0 aliphatic carbocycles. The Hall–Kier alpha value is -1.36. The van der Waals surface area contributed by atoms with Crippen LogP contribution < -0.4 is 10.1 Å². The summed E-state index contributed by atoms with van der Waals surface area (Å²) in [6.07, 6.45) is 1.42. The number of nitrogens with one attached hydrogen (secondary N) is 1. The largest absolute Gasteiger partial charge is 0.481 e. The van der Waals surface area contributed by atoms with Gasteiger partial charge in [-0.05, 0) is 27.7 Å². The lowest BCUT2D eigenvalue weighted by Gasteiger charge is -2.38. The molecule has 0 aliphatic rings. The second-order valence-corrected chi connectivity index (χ2v) is 4.75. The van der Waals surface area contributed by atoms with E-state index in [0.717, 1.165) is 0 Å². The van der Waals surface area contributed by atoms with Crippen LogP contribution in [0.1, 0.15) is 27.7 Å². The van der Waals surface area contributed by atoms with Crippen molar-refractivity contribution >= 4 is 5.82 Å². The van der Waals surface area contributed by atoms with Gasteiger partial charge in [0.25, 0.3) is 0 Å². The van der Waals surface area contributed by atoms with Crippen molar-refractivity contribution in [3.05, 3.63) is 12.4 Å². The molecule has 0 radical (unpaired) electrons. The first-order valence-corrected chi connectivity index (χ1v) is 5.13. The number of rotatable bonds is 4. The van der Waals surface area contributed by atoms with Crippen LogP contribution in [0.4, 0.5) is 5.82 Å². The Balaban J connectivity index is 2.88. The maximum Gasteiger partial charge on any atom is 0.218 e. The minimum Gasteiger partial charge on any atom is -0.481 e. The maximum atomic E-state index is 10.00. The van der Waals surface area contributed by atoms with Gasteiger partial charge in [0.1, 0.15) is 12.1 Å². The Labute approximate surface area is 95.9 Å². The van der Waals surface area contributed by atoms with Crippen molar-refractivity contribution in [1.29, 1.82) is 0 Å². The summed E-state index contributed by atoms with van der Waals surface area (Å²) in [7, 11) is 1.55. The molecular weight excluding hydrogens is 206 g/mol. The molecule has 0 unspecified atom stereocenters. The van der Waals surface area contributed by atoms with E-state index < -0.39 is 11.1 Å². The average molecular weight is 225 g/mol. The van der Waals surface area contributed by atoms with Gasteiger partial charge in [-0.2, -0.15) is 0 Å². The van der Waals surface area contributed by atoms with E-state index >= 15 is 0 Å². The number of ether oxygens (including phenoxy) is 1. The maximum absolute atomic E-state index is 10.00. The number of methoxy groups -OCH3 is 1. The molecule has 0 atom stereocenters. The molecule has 90 valence electrons. The molecule has 0 aliphatic heterocycles. The van der Waals surface area contributed by atoms with E-state index in [-0.39, 0.29) is 0 Å². The number of anilines is 1. The summed E-state index contributed by atoms with van der Waals surface area (Å²) in [5, 5.41) is 13.1. The predicted octanol–water partition coefficient (Wildman–Crippen LogP) is 1.45. The third-order valence-corrected chi connectivity index (χ3v) is 2.82. The monoisotopic (exact) mass is 225 g/mol. The van der Waals surface area contributed by atoms with Crippen LogP contribution in [-0.4, -0.2) is 33.3 Å². The minimum absolute atomic E-state index is 0.490. The summed E-state index contributed by atoms with van der Waals surface area (Å²) in [4.78, 5) is 7.99. The molecule has 0 spiro atoms. The van der Waals surface area contributed by atoms with Crippen LogP contribution in [-0.2, 0) is 0 Å². The molecule has 0 fully saturated rings. The van der Waals surface area contributed by atoms with Gasteiger partial charge in [0.05, 0.1) is 18.2 Å². The molecule has 1 aromatic heterocycles. The Bertz CT molecular complexity index is 358. The SMILES string of the molecule is COc1cc(NC(C)(C)C(C)(C)O)ncn1. The quantitative estimate of drug-likeness (QED) is 0.811. The van der Waals surface area contributed by atoms with Crippen molar-refractivity contribution in [3.63, 3.8) is 0 Å². The summed E-state index contributed by atoms with van der Waals surface area (Å²) < 4.78 is 5.00. The van der Waals surface area contributed by atoms with Crippen LogP contribution in [0.2, 0.25) is 0 Å². The fourth-order valence-electron chi connectivity index (χ4n) is 0.993. The van der Waals surface area contributed by atoms with Crippen LogP contribution in [0.5, 0.6) is 5.88 Å². The van der Waals surface area contributed by atoms with Gasteiger partial charge in [-0.3, -0.25) is 0 Å². The number of aliphatic hydroxyl groups is 1. The molecule has 0 saturated carbocycles. The normalized spacial score (nSPS) is 12.4. The highest BCUT2D eigenvalue weighted by molar-refractivity contribution is 5.40. The zero-order valence-electron chi connectivity index (χ0n) is 10.4. The van der Waals surface area contributed by atoms with Crippen molar-refractivity contribution < 1.29 is 9.84 Å². The molecule has 2 N–H and O–H groups in total. The highest BCUT2D eigenvalue weighted by Gasteiger charge is 2.35. The lowest BCUT2D eigenvalue weighted by molar-refractivity contribution is 0.0238. The first kappa shape index (κ1) is 12.7. The van der Waals surface area contributed by atoms with Gasteiger partial charge >= 0.3 is 0 Å². The molecule has 16 heavy (non-hydrogen) atoms. The second-order valence-electron chi connectivity index (χ2n) is 4.75. The molecular formula is C11H19N3O2. The Morgan fingerprint density at radius 1 is 1.25 bits per heavy atom. The topological polar surface area (TPSA) is 67.3 Å². The van der Waals surface area contributed by atoms with E-state index in [2.05, 4.69) is 15.3 Å². The standard InChI is InChI=1S/C11H19N3O2/c1-10(2,11(3,4)15)14-8-6-9(16-5)13-7-12-8/h6-7,15H,1-5H3,(H,12,13,14). The van der Waals surface area contributed by atoms with Gasteiger partial charge in [-0.15, -0.1) is 0 Å². The van der Waals surface area contributed by atoms with Gasteiger partial charge in [-0.25, -0.2) is 9.97 Å². The zero-order valence-corrected chi connectivity index (χ0v) is 10.4. The average Bonchev–Trinajstić information content (AvgIpc) is 2.15. The fraction of sp³-hybridized carbons (Fsp3) is 0.636. The summed E-state index contributed by atoms with van der Waals surface area (Å²) in [5.41, 5.74) is -1.38. The van der Waals surface area contributed by atoms with Crippen LogP contribution in [0, 0.1) is 0 Å². The number of aromatic nitrogens is 2. The molecule has 1 heterocycles. The summed E-state index contributed by atoms with van der Waals surface area (Å²) >= 11 is 0. The van der Waals surface area contributed by atoms with Crippen LogP contribution in [0.3, 0.4) is 0 Å². The van der Waals surface area contributed by atoms with Gasteiger partial charge in [0.2, 0.25) is 5.88 Å². The van der Waals surface area contributed by atoms with Gasteiger partial charge in [0.15, 0.2) is 0 Å². The lowest BCUT2D eigenvalue weighted by atomic mass is 9.86. The number of hydrogen-bond donors (Lipinski definition) is 2. The van der Waals surface area contributed by atoms with Crippen LogP contribution in [0.15, 0.2) is 12.4 Å². The van der Waals surface area contributed by atoms with Crippen LogP contribution >= 0.6 is 0 Å². The van der Waals surface area contributed by atoms with Gasteiger partial charge in [-0.1, -0.05) is 0 Å². The van der Waals surface area contributed by atoms with E-state index in [1.807, 2.05) is 13.8 Å². The molecule has 1 aromatic rings. The molecule has 0 amide bonds. The van der Waals surface area contributed by atoms with E-state index in [0.29, 0.717) is 11.7 Å². The van der Waals surface area contributed by atoms with E-state index in [4.69, 9.17) is 4.74 Å². The molecule has 0 bridgehead atoms. The first-order valence-electron chi connectivity index (χ1n) is 5.13. The van der Waals surface area contributed by atoms with E-state index in [1.165, 1.54) is 6.33 Å². The highest BCUT2D eigenvalue weighted by Crippen LogP contribution is 2.25. The van der Waals surface area contributed by atoms with Crippen molar-refractivity contribution in [1.82, 2.24) is 9.97 Å². The third-order valence-electron chi connectivity index (χ3n) is 2.82. The van der Waals surface area contributed by atoms with Crippen molar-refractivity contribution in [3.8, 4) is 5.88 Å². The van der Waals surface area contributed by atoms with Crippen molar-refractivity contribution in [2.75, 3.05) is 12.4 Å². The second kappa shape index (κ2) is 4.25. The van der Waals surface area contributed by atoms with Gasteiger partial charge < -0.3 is 15.2 Å².